The van der Waals surface area contributed by atoms with Gasteiger partial charge in [0.25, 0.3) is 0 Å². The van der Waals surface area contributed by atoms with Gasteiger partial charge in [-0.15, -0.1) is 0 Å². The van der Waals surface area contributed by atoms with Crippen LogP contribution in [0.1, 0.15) is 47.0 Å². The summed E-state index contributed by atoms with van der Waals surface area (Å²) in [4.78, 5) is 11.2. The van der Waals surface area contributed by atoms with E-state index in [0.717, 1.165) is 31.5 Å². The number of anilines is 1. The third kappa shape index (κ3) is 4.19. The van der Waals surface area contributed by atoms with E-state index >= 15 is 0 Å². The Kier molecular flexibility index (Phi) is 5.86. The average Bonchev–Trinajstić information content (AvgIpc) is 2.82. The summed E-state index contributed by atoms with van der Waals surface area (Å²) in [6.07, 6.45) is 7.11. The lowest BCUT2D eigenvalue weighted by Gasteiger charge is -2.35. The zero-order chi connectivity index (χ0) is 18.8. The van der Waals surface area contributed by atoms with Crippen molar-refractivity contribution in [2.45, 2.75) is 64.2 Å². The summed E-state index contributed by atoms with van der Waals surface area (Å²) in [6, 6.07) is 0.419. The molecule has 0 spiro atoms. The first kappa shape index (κ1) is 19.5. The van der Waals surface area contributed by atoms with Crippen LogP contribution in [0.5, 0.6) is 0 Å². The number of β-amino-alcohol motifs (C(OH)–C–C–N with tert-alkyl or cyclic N) is 1. The number of aliphatic hydroxyl groups excluding tert-OH is 1. The smallest absolute Gasteiger partial charge is 0.399 e. The Labute approximate surface area is 156 Å². The summed E-state index contributed by atoms with van der Waals surface area (Å²) < 4.78 is 12.1. The van der Waals surface area contributed by atoms with Crippen molar-refractivity contribution < 1.29 is 14.4 Å². The van der Waals surface area contributed by atoms with E-state index < -0.39 is 7.12 Å². The van der Waals surface area contributed by atoms with Gasteiger partial charge in [-0.3, -0.25) is 4.90 Å². The molecule has 0 radical (unpaired) electrons. The van der Waals surface area contributed by atoms with Crippen LogP contribution >= 0.6 is 0 Å². The van der Waals surface area contributed by atoms with Crippen LogP contribution in [0.15, 0.2) is 12.4 Å². The highest BCUT2D eigenvalue weighted by atomic mass is 16.7. The zero-order valence-corrected chi connectivity index (χ0v) is 16.4. The molecule has 0 amide bonds. The summed E-state index contributed by atoms with van der Waals surface area (Å²) in [5.74, 6) is 0.611. The van der Waals surface area contributed by atoms with Crippen molar-refractivity contribution in [3.05, 3.63) is 12.4 Å². The normalized spacial score (nSPS) is 25.4. The van der Waals surface area contributed by atoms with Gasteiger partial charge in [-0.25, -0.2) is 9.97 Å². The number of nitrogens with one attached hydrogen (secondary N) is 1. The van der Waals surface area contributed by atoms with Gasteiger partial charge in [-0.2, -0.15) is 0 Å². The Balaban J connectivity index is 1.57. The van der Waals surface area contributed by atoms with Gasteiger partial charge < -0.3 is 19.7 Å². The third-order valence-corrected chi connectivity index (χ3v) is 5.83. The molecule has 7 nitrogen and oxygen atoms in total. The summed E-state index contributed by atoms with van der Waals surface area (Å²) in [6.45, 7) is 10.9. The highest BCUT2D eigenvalue weighted by Crippen LogP contribution is 2.36. The van der Waals surface area contributed by atoms with Crippen molar-refractivity contribution in [1.82, 2.24) is 14.9 Å². The van der Waals surface area contributed by atoms with Gasteiger partial charge in [0.15, 0.2) is 0 Å². The number of piperidine rings is 1. The van der Waals surface area contributed by atoms with Crippen LogP contribution in [0.25, 0.3) is 0 Å². The molecule has 3 heterocycles. The van der Waals surface area contributed by atoms with Crippen LogP contribution in [0.4, 0.5) is 5.95 Å². The summed E-state index contributed by atoms with van der Waals surface area (Å²) in [7, 11) is -0.438. The number of hydrogen-bond donors (Lipinski definition) is 2. The Hall–Kier alpha value is -1.22. The molecule has 2 N–H and O–H groups in total. The van der Waals surface area contributed by atoms with Crippen molar-refractivity contribution in [1.29, 1.82) is 0 Å². The lowest BCUT2D eigenvalue weighted by Crippen LogP contribution is -2.45. The molecule has 2 fully saturated rings. The molecule has 2 aliphatic rings. The van der Waals surface area contributed by atoms with Gasteiger partial charge in [0.2, 0.25) is 5.95 Å². The molecule has 26 heavy (non-hydrogen) atoms. The van der Waals surface area contributed by atoms with Crippen molar-refractivity contribution in [2.24, 2.45) is 0 Å². The Bertz CT molecular complexity index is 579. The van der Waals surface area contributed by atoms with E-state index in [-0.39, 0.29) is 17.8 Å². The van der Waals surface area contributed by atoms with Gasteiger partial charge in [0, 0.05) is 37.0 Å². The maximum atomic E-state index is 9.22. The molecule has 1 atom stereocenters. The predicted molar refractivity (Wildman–Crippen MR) is 103 cm³/mol. The monoisotopic (exact) mass is 362 g/mol. The quantitative estimate of drug-likeness (QED) is 0.732. The fraction of sp³-hybridized carbons (Fsp3) is 0.778. The van der Waals surface area contributed by atoms with E-state index in [2.05, 4.69) is 20.2 Å². The largest absolute Gasteiger partial charge is 0.498 e. The molecule has 0 aliphatic carbocycles. The topological polar surface area (TPSA) is 79.7 Å². The highest BCUT2D eigenvalue weighted by molar-refractivity contribution is 6.61. The van der Waals surface area contributed by atoms with Crippen LogP contribution < -0.4 is 10.8 Å². The van der Waals surface area contributed by atoms with Crippen molar-refractivity contribution >= 4 is 18.5 Å². The molecule has 0 saturated carbocycles. The van der Waals surface area contributed by atoms with E-state index in [0.29, 0.717) is 12.0 Å². The highest BCUT2D eigenvalue weighted by Gasteiger charge is 2.51. The van der Waals surface area contributed by atoms with Gasteiger partial charge in [0.1, 0.15) is 0 Å². The Morgan fingerprint density at radius 3 is 2.46 bits per heavy atom. The lowest BCUT2D eigenvalue weighted by atomic mass is 9.81. The van der Waals surface area contributed by atoms with Crippen molar-refractivity contribution in [2.75, 3.05) is 31.6 Å². The Morgan fingerprint density at radius 2 is 1.85 bits per heavy atom. The zero-order valence-electron chi connectivity index (χ0n) is 16.4. The first-order valence-electron chi connectivity index (χ1n) is 9.59. The summed E-state index contributed by atoms with van der Waals surface area (Å²) in [5.41, 5.74) is 0.0889. The fourth-order valence-electron chi connectivity index (χ4n) is 3.45. The molecule has 0 unspecified atom stereocenters. The molecular formula is C18H31BN4O3. The number of nitrogens with zero attached hydrogens (tertiary/aromatic N) is 3. The molecule has 2 saturated heterocycles. The van der Waals surface area contributed by atoms with E-state index in [1.165, 1.54) is 12.8 Å². The number of aromatic nitrogens is 2. The number of hydrogen-bond acceptors (Lipinski definition) is 7. The first-order valence-corrected chi connectivity index (χ1v) is 9.59. The lowest BCUT2D eigenvalue weighted by molar-refractivity contribution is 0.00578. The predicted octanol–water partition coefficient (Wildman–Crippen LogP) is 1.03. The van der Waals surface area contributed by atoms with Crippen molar-refractivity contribution in [3.8, 4) is 0 Å². The molecule has 1 aromatic heterocycles. The van der Waals surface area contributed by atoms with E-state index in [1.54, 1.807) is 12.4 Å². The number of rotatable bonds is 6. The summed E-state index contributed by atoms with van der Waals surface area (Å²) in [5, 5.41) is 12.5. The molecule has 0 aromatic carbocycles. The SMILES string of the molecule is CC1(C)OB(c2cnc(NC[C@@H]3CCCCN3CCO)nc2)OC1(C)C. The average molecular weight is 362 g/mol. The molecule has 3 rings (SSSR count). The number of likely N-dealkylation sites (tertiary alicyclic amines) is 1. The maximum absolute atomic E-state index is 9.22. The first-order chi connectivity index (χ1) is 12.3. The van der Waals surface area contributed by atoms with E-state index in [4.69, 9.17) is 9.31 Å². The molecule has 0 bridgehead atoms. The van der Waals surface area contributed by atoms with Crippen LogP contribution in [0.2, 0.25) is 0 Å². The molecule has 2 aliphatic heterocycles. The minimum Gasteiger partial charge on any atom is -0.399 e. The fourth-order valence-corrected chi connectivity index (χ4v) is 3.45. The van der Waals surface area contributed by atoms with E-state index in [9.17, 15) is 5.11 Å². The molecule has 144 valence electrons. The second-order valence-electron chi connectivity index (χ2n) is 8.22. The second kappa shape index (κ2) is 7.80. The van der Waals surface area contributed by atoms with Gasteiger partial charge in [-0.1, -0.05) is 6.42 Å². The van der Waals surface area contributed by atoms with Gasteiger partial charge in [-0.05, 0) is 47.1 Å². The Morgan fingerprint density at radius 1 is 1.19 bits per heavy atom. The van der Waals surface area contributed by atoms with Gasteiger partial charge in [0.05, 0.1) is 17.8 Å². The summed E-state index contributed by atoms with van der Waals surface area (Å²) >= 11 is 0. The third-order valence-electron chi connectivity index (χ3n) is 5.83. The van der Waals surface area contributed by atoms with Gasteiger partial charge >= 0.3 is 7.12 Å². The molecular weight excluding hydrogens is 331 g/mol. The molecule has 8 heteroatoms. The van der Waals surface area contributed by atoms with Crippen LogP contribution in [0.3, 0.4) is 0 Å². The van der Waals surface area contributed by atoms with Crippen LogP contribution in [0, 0.1) is 0 Å². The standard InChI is InChI=1S/C18H31BN4O3/c1-17(2)18(3,4)26-19(25-17)14-11-20-16(21-12-14)22-13-15-7-5-6-8-23(15)9-10-24/h11-12,15,24H,5-10,13H2,1-4H3,(H,20,21,22)/t15-/m0/s1. The van der Waals surface area contributed by atoms with E-state index in [1.807, 2.05) is 27.7 Å². The second-order valence-corrected chi connectivity index (χ2v) is 8.22. The minimum absolute atomic E-state index is 0.204. The number of aliphatic hydroxyl groups is 1. The minimum atomic E-state index is -0.438. The van der Waals surface area contributed by atoms with Crippen LogP contribution in [-0.4, -0.2) is 70.6 Å². The van der Waals surface area contributed by atoms with Crippen molar-refractivity contribution in [3.63, 3.8) is 0 Å². The molecule has 1 aromatic rings. The maximum Gasteiger partial charge on any atom is 0.498 e. The van der Waals surface area contributed by atoms with Crippen LogP contribution in [-0.2, 0) is 9.31 Å².